The smallest absolute Gasteiger partial charge is 0.259 e. The van der Waals surface area contributed by atoms with Crippen molar-refractivity contribution in [3.63, 3.8) is 0 Å². The zero-order chi connectivity index (χ0) is 14.4. The number of carbonyl (C=O) groups is 1. The minimum absolute atomic E-state index is 0.183. The normalized spacial score (nSPS) is 11.2. The Hall–Kier alpha value is -2.21. The van der Waals surface area contributed by atoms with Crippen LogP contribution in [0.25, 0.3) is 0 Å². The third-order valence-corrected chi connectivity index (χ3v) is 3.69. The molecule has 5 nitrogen and oxygen atoms in total. The molecular weight excluding hydrogens is 272 g/mol. The van der Waals surface area contributed by atoms with Gasteiger partial charge in [0.15, 0.2) is 0 Å². The molecule has 104 valence electrons. The van der Waals surface area contributed by atoms with Gasteiger partial charge in [-0.25, -0.2) is 10.4 Å². The number of hydrogen-bond acceptors (Lipinski definition) is 5. The molecule has 0 radical (unpaired) electrons. The highest BCUT2D eigenvalue weighted by Gasteiger charge is 2.06. The van der Waals surface area contributed by atoms with E-state index >= 15 is 0 Å². The Kier molecular flexibility index (Phi) is 4.84. The summed E-state index contributed by atoms with van der Waals surface area (Å²) < 4.78 is 0. The molecular formula is C14H16N4OS. The lowest BCUT2D eigenvalue weighted by Crippen LogP contribution is -2.26. The average Bonchev–Trinajstić information content (AvgIpc) is 2.90. The number of nitrogens with zero attached hydrogens (tertiary/aromatic N) is 2. The van der Waals surface area contributed by atoms with Crippen LogP contribution in [0.1, 0.15) is 17.5 Å². The van der Waals surface area contributed by atoms with E-state index in [4.69, 9.17) is 0 Å². The monoisotopic (exact) mass is 288 g/mol. The van der Waals surface area contributed by atoms with Crippen LogP contribution in [0, 0.1) is 6.92 Å². The van der Waals surface area contributed by atoms with E-state index in [0.717, 1.165) is 22.0 Å². The van der Waals surface area contributed by atoms with Gasteiger partial charge in [-0.3, -0.25) is 4.79 Å². The van der Waals surface area contributed by atoms with Gasteiger partial charge < -0.3 is 5.32 Å². The fourth-order valence-corrected chi connectivity index (χ4v) is 2.38. The van der Waals surface area contributed by atoms with Gasteiger partial charge in [0.05, 0.1) is 28.3 Å². The van der Waals surface area contributed by atoms with E-state index in [1.54, 1.807) is 5.51 Å². The minimum Gasteiger partial charge on any atom is -0.376 e. The molecule has 6 heteroatoms. The number of aromatic nitrogens is 1. The van der Waals surface area contributed by atoms with Gasteiger partial charge in [-0.2, -0.15) is 5.10 Å². The number of amides is 1. The van der Waals surface area contributed by atoms with Crippen LogP contribution in [-0.4, -0.2) is 23.1 Å². The third kappa shape index (κ3) is 3.89. The maximum atomic E-state index is 11.7. The van der Waals surface area contributed by atoms with E-state index in [2.05, 4.69) is 20.8 Å². The summed E-state index contributed by atoms with van der Waals surface area (Å²) in [5.74, 6) is -0.185. The van der Waals surface area contributed by atoms with Crippen molar-refractivity contribution in [3.05, 3.63) is 46.4 Å². The summed E-state index contributed by atoms with van der Waals surface area (Å²) in [7, 11) is 0. The van der Waals surface area contributed by atoms with Gasteiger partial charge >= 0.3 is 0 Å². The molecule has 0 unspecified atom stereocenters. The van der Waals surface area contributed by atoms with Crippen LogP contribution < -0.4 is 10.7 Å². The second-order valence-electron chi connectivity index (χ2n) is 4.22. The predicted molar refractivity (Wildman–Crippen MR) is 82.1 cm³/mol. The van der Waals surface area contributed by atoms with Crippen LogP contribution in [0.15, 0.2) is 40.9 Å². The maximum absolute atomic E-state index is 11.7. The number of carbonyl (C=O) groups excluding carboxylic acids is 1. The zero-order valence-corrected chi connectivity index (χ0v) is 12.2. The van der Waals surface area contributed by atoms with Crippen molar-refractivity contribution in [2.75, 3.05) is 11.9 Å². The number of aryl methyl sites for hydroxylation is 1. The van der Waals surface area contributed by atoms with Crippen molar-refractivity contribution in [1.82, 2.24) is 10.4 Å². The number of hydrogen-bond donors (Lipinski definition) is 2. The molecule has 20 heavy (non-hydrogen) atoms. The van der Waals surface area contributed by atoms with Crippen molar-refractivity contribution < 1.29 is 4.79 Å². The topological polar surface area (TPSA) is 66.4 Å². The van der Waals surface area contributed by atoms with Crippen molar-refractivity contribution in [2.45, 2.75) is 13.8 Å². The fraction of sp³-hybridized carbons (Fsp3) is 0.214. The number of rotatable bonds is 5. The summed E-state index contributed by atoms with van der Waals surface area (Å²) in [6.45, 7) is 3.96. The summed E-state index contributed by atoms with van der Waals surface area (Å²) in [4.78, 5) is 16.8. The van der Waals surface area contributed by atoms with E-state index < -0.39 is 0 Å². The maximum Gasteiger partial charge on any atom is 0.259 e. The van der Waals surface area contributed by atoms with E-state index in [9.17, 15) is 4.79 Å². The van der Waals surface area contributed by atoms with Gasteiger partial charge in [-0.15, -0.1) is 11.3 Å². The van der Waals surface area contributed by atoms with Crippen LogP contribution in [0.3, 0.4) is 0 Å². The molecule has 0 saturated heterocycles. The largest absolute Gasteiger partial charge is 0.376 e. The molecule has 0 aliphatic carbocycles. The molecule has 0 bridgehead atoms. The van der Waals surface area contributed by atoms with Gasteiger partial charge in [0.25, 0.3) is 5.91 Å². The molecule has 0 fully saturated rings. The molecule has 0 aliphatic rings. The highest BCUT2D eigenvalue weighted by atomic mass is 32.1. The lowest BCUT2D eigenvalue weighted by Gasteiger charge is -2.05. The van der Waals surface area contributed by atoms with E-state index in [1.807, 2.05) is 44.2 Å². The van der Waals surface area contributed by atoms with Gasteiger partial charge in [-0.05, 0) is 26.0 Å². The zero-order valence-electron chi connectivity index (χ0n) is 11.4. The number of benzene rings is 1. The quantitative estimate of drug-likeness (QED) is 0.656. The molecule has 0 spiro atoms. The number of anilines is 1. The Bertz CT molecular complexity index is 607. The van der Waals surface area contributed by atoms with Crippen molar-refractivity contribution in [3.8, 4) is 0 Å². The first-order chi connectivity index (χ1) is 9.66. The summed E-state index contributed by atoms with van der Waals surface area (Å²) >= 11 is 1.51. The molecule has 1 amide bonds. The second-order valence-corrected chi connectivity index (χ2v) is 5.07. The van der Waals surface area contributed by atoms with Gasteiger partial charge in [0.2, 0.25) is 0 Å². The molecule has 0 aliphatic heterocycles. The molecule has 1 heterocycles. The molecule has 1 aromatic carbocycles. The van der Waals surface area contributed by atoms with Crippen molar-refractivity contribution in [2.24, 2.45) is 5.10 Å². The SMILES string of the molecule is C/C(=N\NC(=O)CNc1ccccc1)c1scnc1C. The Morgan fingerprint density at radius 3 is 2.75 bits per heavy atom. The minimum atomic E-state index is -0.185. The first-order valence-electron chi connectivity index (χ1n) is 6.19. The number of hydrazone groups is 1. The van der Waals surface area contributed by atoms with Gasteiger partial charge in [0.1, 0.15) is 0 Å². The Balaban J connectivity index is 1.85. The summed E-state index contributed by atoms with van der Waals surface area (Å²) in [6, 6.07) is 9.56. The first-order valence-corrected chi connectivity index (χ1v) is 7.07. The Morgan fingerprint density at radius 1 is 1.35 bits per heavy atom. The summed E-state index contributed by atoms with van der Waals surface area (Å²) in [5, 5.41) is 7.11. The van der Waals surface area contributed by atoms with Crippen LogP contribution in [0.4, 0.5) is 5.69 Å². The number of thiazole rings is 1. The number of nitrogens with one attached hydrogen (secondary N) is 2. The Labute approximate surface area is 121 Å². The fourth-order valence-electron chi connectivity index (χ4n) is 1.62. The van der Waals surface area contributed by atoms with E-state index in [-0.39, 0.29) is 12.5 Å². The average molecular weight is 288 g/mol. The standard InChI is InChI=1S/C14H16N4OS/c1-10-14(20-9-16-10)11(2)17-18-13(19)8-15-12-6-4-3-5-7-12/h3-7,9,15H,8H2,1-2H3,(H,18,19)/b17-11+. The molecule has 2 N–H and O–H groups in total. The van der Waals surface area contributed by atoms with Crippen molar-refractivity contribution in [1.29, 1.82) is 0 Å². The Morgan fingerprint density at radius 2 is 2.10 bits per heavy atom. The van der Waals surface area contributed by atoms with Gasteiger partial charge in [-0.1, -0.05) is 18.2 Å². The van der Waals surface area contributed by atoms with Crippen molar-refractivity contribution >= 4 is 28.6 Å². The van der Waals surface area contributed by atoms with Crippen LogP contribution in [0.2, 0.25) is 0 Å². The molecule has 1 aromatic heterocycles. The third-order valence-electron chi connectivity index (χ3n) is 2.65. The molecule has 0 atom stereocenters. The predicted octanol–water partition coefficient (Wildman–Crippen LogP) is 2.40. The summed E-state index contributed by atoms with van der Waals surface area (Å²) in [5.41, 5.74) is 6.89. The van der Waals surface area contributed by atoms with Crippen LogP contribution >= 0.6 is 11.3 Å². The molecule has 0 saturated carbocycles. The van der Waals surface area contributed by atoms with Crippen LogP contribution in [-0.2, 0) is 4.79 Å². The van der Waals surface area contributed by atoms with Gasteiger partial charge in [0, 0.05) is 5.69 Å². The summed E-state index contributed by atoms with van der Waals surface area (Å²) in [6.07, 6.45) is 0. The molecule has 2 rings (SSSR count). The highest BCUT2D eigenvalue weighted by Crippen LogP contribution is 2.12. The highest BCUT2D eigenvalue weighted by molar-refractivity contribution is 7.12. The lowest BCUT2D eigenvalue weighted by atomic mass is 10.3. The molecule has 2 aromatic rings. The van der Waals surface area contributed by atoms with E-state index in [0.29, 0.717) is 0 Å². The van der Waals surface area contributed by atoms with Crippen LogP contribution in [0.5, 0.6) is 0 Å². The second kappa shape index (κ2) is 6.81. The first kappa shape index (κ1) is 14.2. The van der Waals surface area contributed by atoms with E-state index in [1.165, 1.54) is 11.3 Å². The number of para-hydroxylation sites is 1. The lowest BCUT2D eigenvalue weighted by molar-refractivity contribution is -0.119.